The normalized spacial score (nSPS) is 27.5. The van der Waals surface area contributed by atoms with E-state index in [0.717, 1.165) is 44.3 Å². The Hall–Kier alpha value is -1.12. The molecule has 3 rings (SSSR count). The van der Waals surface area contributed by atoms with Gasteiger partial charge in [0.2, 0.25) is 0 Å². The molecular formula is C19H30N2O. The summed E-state index contributed by atoms with van der Waals surface area (Å²) in [6, 6.07) is 0. The highest BCUT2D eigenvalue weighted by atomic mass is 16.2. The van der Waals surface area contributed by atoms with Crippen LogP contribution in [0.25, 0.3) is 0 Å². The van der Waals surface area contributed by atoms with Gasteiger partial charge >= 0.3 is 0 Å². The van der Waals surface area contributed by atoms with Crippen LogP contribution in [-0.2, 0) is 4.79 Å². The Kier molecular flexibility index (Phi) is 5.69. The zero-order chi connectivity index (χ0) is 15.2. The summed E-state index contributed by atoms with van der Waals surface area (Å²) in [6.45, 7) is 1.89. The summed E-state index contributed by atoms with van der Waals surface area (Å²) in [5.74, 6) is 0.706. The number of amides is 1. The Morgan fingerprint density at radius 3 is 2.41 bits per heavy atom. The molecule has 0 radical (unpaired) electrons. The van der Waals surface area contributed by atoms with Gasteiger partial charge in [0, 0.05) is 30.6 Å². The summed E-state index contributed by atoms with van der Waals surface area (Å²) < 4.78 is 0. The van der Waals surface area contributed by atoms with Gasteiger partial charge in [-0.05, 0) is 44.4 Å². The molecule has 3 aliphatic rings. The van der Waals surface area contributed by atoms with E-state index in [1.54, 1.807) is 0 Å². The molecule has 1 atom stereocenters. The molecule has 1 unspecified atom stereocenters. The Morgan fingerprint density at radius 2 is 1.64 bits per heavy atom. The highest BCUT2D eigenvalue weighted by molar-refractivity contribution is 5.97. The molecule has 22 heavy (non-hydrogen) atoms. The second kappa shape index (κ2) is 7.94. The van der Waals surface area contributed by atoms with Gasteiger partial charge in [0.05, 0.1) is 0 Å². The van der Waals surface area contributed by atoms with Gasteiger partial charge < -0.3 is 4.90 Å². The third kappa shape index (κ3) is 3.99. The van der Waals surface area contributed by atoms with Crippen molar-refractivity contribution in [3.63, 3.8) is 0 Å². The minimum atomic E-state index is 0.275. The van der Waals surface area contributed by atoms with E-state index in [2.05, 4.69) is 4.99 Å². The van der Waals surface area contributed by atoms with Crippen LogP contribution in [-0.4, -0.2) is 29.6 Å². The smallest absolute Gasteiger partial charge is 0.251 e. The lowest BCUT2D eigenvalue weighted by molar-refractivity contribution is -0.126. The lowest BCUT2D eigenvalue weighted by Crippen LogP contribution is -2.33. The van der Waals surface area contributed by atoms with Gasteiger partial charge in [0.15, 0.2) is 0 Å². The maximum absolute atomic E-state index is 12.8. The van der Waals surface area contributed by atoms with E-state index in [0.29, 0.717) is 5.92 Å². The zero-order valence-electron chi connectivity index (χ0n) is 13.9. The third-order valence-corrected chi connectivity index (χ3v) is 5.47. The largest absolute Gasteiger partial charge is 0.339 e. The molecule has 0 aromatic rings. The lowest BCUT2D eigenvalue weighted by Gasteiger charge is -2.27. The average molecular weight is 302 g/mol. The number of fused-ring (bicyclic) bond motifs is 2. The maximum atomic E-state index is 12.8. The first-order valence-corrected chi connectivity index (χ1v) is 9.39. The Bertz CT molecular complexity index is 446. The second-order valence-corrected chi connectivity index (χ2v) is 7.19. The molecule has 1 amide bonds. The molecule has 2 heterocycles. The van der Waals surface area contributed by atoms with E-state index in [9.17, 15) is 4.79 Å². The Balaban J connectivity index is 1.71. The van der Waals surface area contributed by atoms with Crippen molar-refractivity contribution in [1.29, 1.82) is 0 Å². The van der Waals surface area contributed by atoms with Crippen LogP contribution >= 0.6 is 0 Å². The molecule has 1 saturated heterocycles. The first-order chi connectivity index (χ1) is 10.8. The van der Waals surface area contributed by atoms with Crippen molar-refractivity contribution in [2.24, 2.45) is 10.9 Å². The average Bonchev–Trinajstić information content (AvgIpc) is 3.06. The number of carbonyl (C=O) groups excluding carboxylic acids is 1. The van der Waals surface area contributed by atoms with Crippen molar-refractivity contribution in [1.82, 2.24) is 4.90 Å². The number of hydrogen-bond acceptors (Lipinski definition) is 2. The third-order valence-electron chi connectivity index (χ3n) is 5.47. The quantitative estimate of drug-likeness (QED) is 0.703. The summed E-state index contributed by atoms with van der Waals surface area (Å²) in [5.41, 5.74) is 2.34. The summed E-state index contributed by atoms with van der Waals surface area (Å²) in [5, 5.41) is 0. The molecular weight excluding hydrogens is 272 g/mol. The van der Waals surface area contributed by atoms with E-state index in [1.807, 2.05) is 11.1 Å². The SMILES string of the molecule is O=C(C1=CN=C2CCCCCCCCCC1C2)N1CCCC1. The molecule has 0 N–H and O–H groups in total. The van der Waals surface area contributed by atoms with Crippen molar-refractivity contribution in [3.05, 3.63) is 11.8 Å². The predicted molar refractivity (Wildman–Crippen MR) is 91.0 cm³/mol. The predicted octanol–water partition coefficient (Wildman–Crippen LogP) is 4.48. The van der Waals surface area contributed by atoms with E-state index < -0.39 is 0 Å². The Morgan fingerprint density at radius 1 is 0.955 bits per heavy atom. The van der Waals surface area contributed by atoms with Crippen LogP contribution in [0.2, 0.25) is 0 Å². The molecule has 0 aromatic carbocycles. The topological polar surface area (TPSA) is 32.7 Å². The van der Waals surface area contributed by atoms with Crippen molar-refractivity contribution >= 4 is 11.6 Å². The summed E-state index contributed by atoms with van der Waals surface area (Å²) in [6.07, 6.45) is 16.9. The number of carbonyl (C=O) groups is 1. The summed E-state index contributed by atoms with van der Waals surface area (Å²) >= 11 is 0. The van der Waals surface area contributed by atoms with Gasteiger partial charge in [0.1, 0.15) is 0 Å². The van der Waals surface area contributed by atoms with Crippen LogP contribution < -0.4 is 0 Å². The lowest BCUT2D eigenvalue weighted by atomic mass is 9.84. The highest BCUT2D eigenvalue weighted by Gasteiger charge is 2.29. The van der Waals surface area contributed by atoms with E-state index in [-0.39, 0.29) is 5.91 Å². The van der Waals surface area contributed by atoms with Gasteiger partial charge in [-0.3, -0.25) is 9.79 Å². The number of likely N-dealkylation sites (tertiary alicyclic amines) is 1. The monoisotopic (exact) mass is 302 g/mol. The van der Waals surface area contributed by atoms with Crippen molar-refractivity contribution < 1.29 is 4.79 Å². The van der Waals surface area contributed by atoms with Crippen molar-refractivity contribution in [2.75, 3.05) is 13.1 Å². The second-order valence-electron chi connectivity index (χ2n) is 7.19. The van der Waals surface area contributed by atoms with Gasteiger partial charge in [0.25, 0.3) is 5.91 Å². The highest BCUT2D eigenvalue weighted by Crippen LogP contribution is 2.31. The van der Waals surface area contributed by atoms with Crippen LogP contribution in [0.15, 0.2) is 16.8 Å². The fraction of sp³-hybridized carbons (Fsp3) is 0.789. The molecule has 3 nitrogen and oxygen atoms in total. The van der Waals surface area contributed by atoms with E-state index >= 15 is 0 Å². The van der Waals surface area contributed by atoms with Gasteiger partial charge in [-0.2, -0.15) is 0 Å². The molecule has 2 bridgehead atoms. The first kappa shape index (κ1) is 15.8. The molecule has 3 heteroatoms. The first-order valence-electron chi connectivity index (χ1n) is 9.39. The van der Waals surface area contributed by atoms with Crippen LogP contribution in [0, 0.1) is 5.92 Å². The van der Waals surface area contributed by atoms with Crippen LogP contribution in [0.4, 0.5) is 0 Å². The number of aliphatic imine (C=N–C) groups is 1. The summed E-state index contributed by atoms with van der Waals surface area (Å²) in [4.78, 5) is 19.5. The minimum absolute atomic E-state index is 0.275. The standard InChI is InChI=1S/C19H30N2O/c22-19(21-12-8-9-13-21)18-15-20-17-11-7-5-3-1-2-4-6-10-16(18)14-17/h15-16H,1-14H2. The van der Waals surface area contributed by atoms with E-state index in [4.69, 9.17) is 0 Å². The molecule has 1 aliphatic carbocycles. The minimum Gasteiger partial charge on any atom is -0.339 e. The zero-order valence-corrected chi connectivity index (χ0v) is 13.9. The molecule has 1 saturated carbocycles. The number of rotatable bonds is 1. The van der Waals surface area contributed by atoms with Gasteiger partial charge in [-0.15, -0.1) is 0 Å². The van der Waals surface area contributed by atoms with Crippen LogP contribution in [0.1, 0.15) is 77.0 Å². The van der Waals surface area contributed by atoms with Gasteiger partial charge in [-0.1, -0.05) is 38.5 Å². The molecule has 2 aliphatic heterocycles. The van der Waals surface area contributed by atoms with Crippen LogP contribution in [0.3, 0.4) is 0 Å². The van der Waals surface area contributed by atoms with Crippen LogP contribution in [0.5, 0.6) is 0 Å². The fourth-order valence-electron chi connectivity index (χ4n) is 4.07. The molecule has 2 fully saturated rings. The maximum Gasteiger partial charge on any atom is 0.251 e. The van der Waals surface area contributed by atoms with E-state index in [1.165, 1.54) is 57.1 Å². The summed E-state index contributed by atoms with van der Waals surface area (Å²) in [7, 11) is 0. The molecule has 0 spiro atoms. The number of nitrogens with zero attached hydrogens (tertiary/aromatic N) is 2. The Labute approximate surface area is 134 Å². The molecule has 122 valence electrons. The fourth-order valence-corrected chi connectivity index (χ4v) is 4.07. The molecule has 0 aromatic heterocycles. The van der Waals surface area contributed by atoms with Crippen molar-refractivity contribution in [3.8, 4) is 0 Å². The van der Waals surface area contributed by atoms with Gasteiger partial charge in [-0.25, -0.2) is 0 Å². The number of hydrogen-bond donors (Lipinski definition) is 0. The van der Waals surface area contributed by atoms with Crippen molar-refractivity contribution in [2.45, 2.75) is 77.0 Å².